The van der Waals surface area contributed by atoms with Crippen molar-refractivity contribution in [3.8, 4) is 0 Å². The van der Waals surface area contributed by atoms with Gasteiger partial charge in [-0.3, -0.25) is 0 Å². The van der Waals surface area contributed by atoms with Gasteiger partial charge < -0.3 is 4.90 Å². The lowest BCUT2D eigenvalue weighted by molar-refractivity contribution is 0.363. The number of unbranched alkanes of at least 4 members (excludes halogenated alkanes) is 1. The normalized spacial score (nSPS) is 13.6. The van der Waals surface area contributed by atoms with E-state index in [1.807, 2.05) is 49.3 Å². The van der Waals surface area contributed by atoms with Crippen LogP contribution in [0.2, 0.25) is 0 Å². The van der Waals surface area contributed by atoms with Gasteiger partial charge in [-0.1, -0.05) is 30.3 Å². The van der Waals surface area contributed by atoms with E-state index in [1.165, 1.54) is 0 Å². The zero-order valence-electron chi connectivity index (χ0n) is 12.0. The molecule has 0 aliphatic heterocycles. The number of sulfonamides is 1. The Morgan fingerprint density at radius 3 is 2.40 bits per heavy atom. The zero-order chi connectivity index (χ0) is 15.0. The molecule has 1 aromatic rings. The number of nitrogens with zero attached hydrogens (tertiary/aromatic N) is 1. The number of alkyl halides is 1. The largest absolute Gasteiger partial charge is 0.307 e. The highest BCUT2D eigenvalue weighted by Crippen LogP contribution is 2.15. The van der Waals surface area contributed by atoms with E-state index in [0.717, 1.165) is 5.56 Å². The molecule has 1 unspecified atom stereocenters. The predicted octanol–water partition coefficient (Wildman–Crippen LogP) is 2.23. The quantitative estimate of drug-likeness (QED) is 0.561. The van der Waals surface area contributed by atoms with Gasteiger partial charge in [-0.15, -0.1) is 11.6 Å². The molecule has 0 aliphatic carbocycles. The van der Waals surface area contributed by atoms with Crippen LogP contribution in [-0.2, 0) is 10.0 Å². The van der Waals surface area contributed by atoms with Gasteiger partial charge in [0.15, 0.2) is 0 Å². The van der Waals surface area contributed by atoms with Gasteiger partial charge in [0, 0.05) is 12.4 Å². The smallest absolute Gasteiger partial charge is 0.212 e. The van der Waals surface area contributed by atoms with Crippen LogP contribution in [0.1, 0.15) is 24.4 Å². The molecule has 0 amide bonds. The first-order valence-corrected chi connectivity index (χ1v) is 8.89. The summed E-state index contributed by atoms with van der Waals surface area (Å²) < 4.78 is 27.0. The molecule has 0 fully saturated rings. The number of hydrogen-bond acceptors (Lipinski definition) is 3. The molecule has 0 aliphatic rings. The monoisotopic (exact) mass is 318 g/mol. The summed E-state index contributed by atoms with van der Waals surface area (Å²) in [5.41, 5.74) is 0.974. The molecular weight excluding hydrogens is 296 g/mol. The van der Waals surface area contributed by atoms with E-state index in [-0.39, 0.29) is 11.8 Å². The van der Waals surface area contributed by atoms with Gasteiger partial charge in [0.25, 0.3) is 0 Å². The van der Waals surface area contributed by atoms with Gasteiger partial charge in [0.2, 0.25) is 10.0 Å². The molecule has 1 rings (SSSR count). The van der Waals surface area contributed by atoms with E-state index in [9.17, 15) is 8.42 Å². The molecule has 1 aromatic carbocycles. The summed E-state index contributed by atoms with van der Waals surface area (Å²) in [6, 6.07) is 9.41. The van der Waals surface area contributed by atoms with Gasteiger partial charge in [-0.25, -0.2) is 13.1 Å². The summed E-state index contributed by atoms with van der Waals surface area (Å²) in [5.74, 6) is 0.617. The van der Waals surface area contributed by atoms with E-state index in [1.54, 1.807) is 0 Å². The average Bonchev–Trinajstić information content (AvgIpc) is 2.38. The minimum absolute atomic E-state index is 0.122. The maximum absolute atomic E-state index is 12.1. The molecule has 1 atom stereocenters. The van der Waals surface area contributed by atoms with Crippen molar-refractivity contribution in [3.05, 3.63) is 35.9 Å². The topological polar surface area (TPSA) is 49.4 Å². The average molecular weight is 319 g/mol. The number of nitrogens with one attached hydrogen (secondary N) is 1. The Morgan fingerprint density at radius 2 is 1.85 bits per heavy atom. The van der Waals surface area contributed by atoms with E-state index >= 15 is 0 Å². The highest BCUT2D eigenvalue weighted by molar-refractivity contribution is 7.89. The Balaban J connectivity index is 2.75. The maximum Gasteiger partial charge on any atom is 0.212 e. The van der Waals surface area contributed by atoms with Gasteiger partial charge in [-0.05, 0) is 32.5 Å². The van der Waals surface area contributed by atoms with Crippen LogP contribution in [0.25, 0.3) is 0 Å². The lowest BCUT2D eigenvalue weighted by Gasteiger charge is -2.22. The van der Waals surface area contributed by atoms with Crippen molar-refractivity contribution >= 4 is 21.6 Å². The number of likely N-dealkylation sites (N-methyl/N-ethyl adjacent to an activating group) is 1. The Kier molecular flexibility index (Phi) is 7.51. The summed E-state index contributed by atoms with van der Waals surface area (Å²) in [4.78, 5) is 1.97. The van der Waals surface area contributed by atoms with Crippen LogP contribution in [0.15, 0.2) is 30.3 Å². The second-order valence-corrected chi connectivity index (χ2v) is 7.31. The van der Waals surface area contributed by atoms with Crippen LogP contribution >= 0.6 is 11.6 Å². The van der Waals surface area contributed by atoms with Crippen LogP contribution in [0.3, 0.4) is 0 Å². The van der Waals surface area contributed by atoms with E-state index in [2.05, 4.69) is 4.72 Å². The van der Waals surface area contributed by atoms with Crippen LogP contribution in [-0.4, -0.2) is 45.6 Å². The van der Waals surface area contributed by atoms with E-state index in [4.69, 9.17) is 11.6 Å². The fourth-order valence-electron chi connectivity index (χ4n) is 1.92. The summed E-state index contributed by atoms with van der Waals surface area (Å²) in [5, 5.41) is 0. The second kappa shape index (κ2) is 8.62. The summed E-state index contributed by atoms with van der Waals surface area (Å²) in [7, 11) is 0.575. The molecule has 1 N–H and O–H groups in total. The minimum atomic E-state index is -3.28. The van der Waals surface area contributed by atoms with Crippen molar-refractivity contribution in [1.82, 2.24) is 9.62 Å². The number of benzene rings is 1. The Hall–Kier alpha value is -0.620. The van der Waals surface area contributed by atoms with E-state index < -0.39 is 10.0 Å². The third-order valence-corrected chi connectivity index (χ3v) is 4.61. The molecule has 0 radical (unpaired) electrons. The molecule has 0 bridgehead atoms. The molecule has 6 heteroatoms. The van der Waals surface area contributed by atoms with Crippen molar-refractivity contribution in [2.75, 3.05) is 32.3 Å². The SMILES string of the molecule is CN(C)CC(NS(=O)(=O)CCCCCl)c1ccccc1. The Bertz CT molecular complexity index is 477. The molecule has 20 heavy (non-hydrogen) atoms. The second-order valence-electron chi connectivity index (χ2n) is 5.06. The summed E-state index contributed by atoms with van der Waals surface area (Å²) >= 11 is 5.58. The minimum Gasteiger partial charge on any atom is -0.307 e. The first kappa shape index (κ1) is 17.4. The highest BCUT2D eigenvalue weighted by atomic mass is 35.5. The lowest BCUT2D eigenvalue weighted by Crippen LogP contribution is -2.36. The number of hydrogen-bond donors (Lipinski definition) is 1. The molecule has 0 aromatic heterocycles. The molecule has 0 heterocycles. The Labute approximate surface area is 127 Å². The van der Waals surface area contributed by atoms with Gasteiger partial charge in [-0.2, -0.15) is 0 Å². The maximum atomic E-state index is 12.1. The predicted molar refractivity (Wildman–Crippen MR) is 84.6 cm³/mol. The van der Waals surface area contributed by atoms with E-state index in [0.29, 0.717) is 25.3 Å². The number of halogens is 1. The first-order chi connectivity index (χ1) is 9.44. The fourth-order valence-corrected chi connectivity index (χ4v) is 3.46. The lowest BCUT2D eigenvalue weighted by atomic mass is 10.1. The number of rotatable bonds is 9. The van der Waals surface area contributed by atoms with Gasteiger partial charge in [0.1, 0.15) is 0 Å². The van der Waals surface area contributed by atoms with Crippen molar-refractivity contribution in [2.24, 2.45) is 0 Å². The molecule has 0 spiro atoms. The van der Waals surface area contributed by atoms with Crippen molar-refractivity contribution in [3.63, 3.8) is 0 Å². The first-order valence-electron chi connectivity index (χ1n) is 6.70. The van der Waals surface area contributed by atoms with Crippen LogP contribution in [0.4, 0.5) is 0 Å². The standard InChI is InChI=1S/C14H23ClN2O2S/c1-17(2)12-14(13-8-4-3-5-9-13)16-20(18,19)11-7-6-10-15/h3-5,8-9,14,16H,6-7,10-12H2,1-2H3. The van der Waals surface area contributed by atoms with Gasteiger partial charge >= 0.3 is 0 Å². The van der Waals surface area contributed by atoms with Crippen LogP contribution in [0.5, 0.6) is 0 Å². The molecule has 114 valence electrons. The molecule has 0 saturated heterocycles. The third kappa shape index (κ3) is 6.70. The summed E-state index contributed by atoms with van der Waals surface area (Å²) in [6.45, 7) is 0.624. The molecule has 4 nitrogen and oxygen atoms in total. The van der Waals surface area contributed by atoms with Gasteiger partial charge in [0.05, 0.1) is 11.8 Å². The highest BCUT2D eigenvalue weighted by Gasteiger charge is 2.19. The van der Waals surface area contributed by atoms with Crippen molar-refractivity contribution in [1.29, 1.82) is 0 Å². The van der Waals surface area contributed by atoms with Crippen LogP contribution in [0, 0.1) is 0 Å². The Morgan fingerprint density at radius 1 is 1.20 bits per heavy atom. The third-order valence-electron chi connectivity index (χ3n) is 2.87. The van der Waals surface area contributed by atoms with Crippen molar-refractivity contribution < 1.29 is 8.42 Å². The molecular formula is C14H23ClN2O2S. The summed E-state index contributed by atoms with van der Waals surface area (Å²) in [6.07, 6.45) is 1.30. The zero-order valence-corrected chi connectivity index (χ0v) is 13.6. The van der Waals surface area contributed by atoms with Crippen molar-refractivity contribution in [2.45, 2.75) is 18.9 Å². The van der Waals surface area contributed by atoms with Crippen LogP contribution < -0.4 is 4.72 Å². The fraction of sp³-hybridized carbons (Fsp3) is 0.571. The molecule has 0 saturated carbocycles.